The molecule has 0 saturated heterocycles. The largest absolute Gasteiger partial charge is 0.485 e. The van der Waals surface area contributed by atoms with Crippen LogP contribution in [0.2, 0.25) is 0 Å². The predicted molar refractivity (Wildman–Crippen MR) is 92.3 cm³/mol. The van der Waals surface area contributed by atoms with Gasteiger partial charge in [-0.1, -0.05) is 12.1 Å². The third-order valence-corrected chi connectivity index (χ3v) is 3.21. The number of hydrogen-bond acceptors (Lipinski definition) is 6. The van der Waals surface area contributed by atoms with Crippen LogP contribution in [0.15, 0.2) is 28.8 Å². The van der Waals surface area contributed by atoms with Gasteiger partial charge in [0.1, 0.15) is 5.75 Å². The van der Waals surface area contributed by atoms with Crippen molar-refractivity contribution in [3.05, 3.63) is 41.5 Å². The molecule has 1 amide bonds. The molecule has 0 aliphatic heterocycles. The van der Waals surface area contributed by atoms with Crippen LogP contribution in [0.4, 0.5) is 0 Å². The Morgan fingerprint density at radius 3 is 2.67 bits per heavy atom. The van der Waals surface area contributed by atoms with Crippen molar-refractivity contribution in [3.8, 4) is 5.75 Å². The first-order valence-electron chi connectivity index (χ1n) is 7.75. The number of nitrogens with two attached hydrogens (primary N) is 1. The summed E-state index contributed by atoms with van der Waals surface area (Å²) in [7, 11) is 0. The molecule has 2 aromatic rings. The zero-order valence-corrected chi connectivity index (χ0v) is 14.5. The van der Waals surface area contributed by atoms with Crippen molar-refractivity contribution >= 4 is 18.3 Å². The number of carbonyl (C=O) groups is 1. The van der Waals surface area contributed by atoms with Gasteiger partial charge >= 0.3 is 0 Å². The van der Waals surface area contributed by atoms with E-state index in [1.165, 1.54) is 0 Å². The van der Waals surface area contributed by atoms with Gasteiger partial charge in [-0.3, -0.25) is 4.79 Å². The Bertz CT molecular complexity index is 616. The SMILES string of the molecule is CCc1nc(COc2ccc(C(=O)NCCCCN)cc2)no1.Cl. The Kier molecular flexibility index (Phi) is 8.81. The maximum atomic E-state index is 11.9. The highest BCUT2D eigenvalue weighted by molar-refractivity contribution is 5.94. The number of amides is 1. The van der Waals surface area contributed by atoms with E-state index in [-0.39, 0.29) is 24.9 Å². The van der Waals surface area contributed by atoms with Crippen LogP contribution in [0, 0.1) is 0 Å². The number of hydrogen-bond donors (Lipinski definition) is 2. The van der Waals surface area contributed by atoms with Gasteiger partial charge in [-0.25, -0.2) is 0 Å². The van der Waals surface area contributed by atoms with Crippen molar-refractivity contribution in [2.24, 2.45) is 5.73 Å². The molecule has 0 spiro atoms. The molecule has 24 heavy (non-hydrogen) atoms. The van der Waals surface area contributed by atoms with E-state index < -0.39 is 0 Å². The Labute approximate surface area is 147 Å². The number of unbranched alkanes of at least 4 members (excludes halogenated alkanes) is 1. The van der Waals surface area contributed by atoms with E-state index in [4.69, 9.17) is 15.0 Å². The maximum absolute atomic E-state index is 11.9. The quantitative estimate of drug-likeness (QED) is 0.668. The highest BCUT2D eigenvalue weighted by Gasteiger charge is 2.07. The molecule has 0 bridgehead atoms. The van der Waals surface area contributed by atoms with Crippen molar-refractivity contribution in [3.63, 3.8) is 0 Å². The molecule has 8 heteroatoms. The Balaban J connectivity index is 0.00000288. The number of rotatable bonds is 9. The minimum atomic E-state index is -0.0978. The first kappa shape index (κ1) is 19.9. The summed E-state index contributed by atoms with van der Waals surface area (Å²) >= 11 is 0. The second-order valence-corrected chi connectivity index (χ2v) is 5.02. The number of ether oxygens (including phenoxy) is 1. The van der Waals surface area contributed by atoms with Gasteiger partial charge in [-0.15, -0.1) is 12.4 Å². The normalized spacial score (nSPS) is 10.1. The van der Waals surface area contributed by atoms with Crippen LogP contribution >= 0.6 is 12.4 Å². The minimum Gasteiger partial charge on any atom is -0.485 e. The lowest BCUT2D eigenvalue weighted by molar-refractivity contribution is 0.0953. The molecule has 132 valence electrons. The summed E-state index contributed by atoms with van der Waals surface area (Å²) < 4.78 is 10.6. The molecule has 0 saturated carbocycles. The van der Waals surface area contributed by atoms with Gasteiger partial charge < -0.3 is 20.3 Å². The zero-order valence-electron chi connectivity index (χ0n) is 13.7. The number of benzene rings is 1. The highest BCUT2D eigenvalue weighted by Crippen LogP contribution is 2.13. The topological polar surface area (TPSA) is 103 Å². The van der Waals surface area contributed by atoms with Crippen LogP contribution in [0.1, 0.15) is 41.8 Å². The molecule has 1 aromatic heterocycles. The second-order valence-electron chi connectivity index (χ2n) is 5.02. The first-order chi connectivity index (χ1) is 11.2. The van der Waals surface area contributed by atoms with Crippen molar-refractivity contribution in [2.45, 2.75) is 32.8 Å². The van der Waals surface area contributed by atoms with Crippen molar-refractivity contribution in [1.29, 1.82) is 0 Å². The smallest absolute Gasteiger partial charge is 0.251 e. The lowest BCUT2D eigenvalue weighted by Gasteiger charge is -2.06. The van der Waals surface area contributed by atoms with E-state index in [1.807, 2.05) is 6.92 Å². The van der Waals surface area contributed by atoms with E-state index in [1.54, 1.807) is 24.3 Å². The summed E-state index contributed by atoms with van der Waals surface area (Å²) in [5, 5.41) is 6.67. The molecule has 0 fully saturated rings. The molecular formula is C16H23ClN4O3. The van der Waals surface area contributed by atoms with Crippen LogP contribution in [0.5, 0.6) is 5.75 Å². The predicted octanol–water partition coefficient (Wildman–Crippen LogP) is 2.10. The number of aryl methyl sites for hydroxylation is 1. The van der Waals surface area contributed by atoms with Crippen LogP contribution in [-0.4, -0.2) is 29.1 Å². The average Bonchev–Trinajstić information content (AvgIpc) is 3.05. The number of halogens is 1. The number of nitrogens with one attached hydrogen (secondary N) is 1. The fourth-order valence-electron chi connectivity index (χ4n) is 1.92. The fourth-order valence-corrected chi connectivity index (χ4v) is 1.92. The van der Waals surface area contributed by atoms with Crippen molar-refractivity contribution < 1.29 is 14.1 Å². The van der Waals surface area contributed by atoms with E-state index in [0.717, 1.165) is 12.8 Å². The lowest BCUT2D eigenvalue weighted by atomic mass is 10.2. The minimum absolute atomic E-state index is 0. The molecule has 2 rings (SSSR count). The lowest BCUT2D eigenvalue weighted by Crippen LogP contribution is -2.24. The molecule has 1 heterocycles. The first-order valence-corrected chi connectivity index (χ1v) is 7.75. The van der Waals surface area contributed by atoms with Gasteiger partial charge in [0.25, 0.3) is 5.91 Å². The van der Waals surface area contributed by atoms with E-state index in [2.05, 4.69) is 15.5 Å². The molecule has 0 atom stereocenters. The maximum Gasteiger partial charge on any atom is 0.251 e. The Hall–Kier alpha value is -2.12. The van der Waals surface area contributed by atoms with E-state index in [9.17, 15) is 4.79 Å². The molecular weight excluding hydrogens is 332 g/mol. The van der Waals surface area contributed by atoms with Gasteiger partial charge in [0.05, 0.1) is 0 Å². The third-order valence-electron chi connectivity index (χ3n) is 3.21. The fraction of sp³-hybridized carbons (Fsp3) is 0.438. The number of carbonyl (C=O) groups excluding carboxylic acids is 1. The van der Waals surface area contributed by atoms with E-state index >= 15 is 0 Å². The second kappa shape index (κ2) is 10.6. The summed E-state index contributed by atoms with van der Waals surface area (Å²) in [6, 6.07) is 6.94. The molecule has 1 aromatic carbocycles. The third kappa shape index (κ3) is 6.17. The van der Waals surface area contributed by atoms with Gasteiger partial charge in [0, 0.05) is 18.5 Å². The molecule has 7 nitrogen and oxygen atoms in total. The Morgan fingerprint density at radius 1 is 1.29 bits per heavy atom. The van der Waals surface area contributed by atoms with Crippen LogP contribution in [0.25, 0.3) is 0 Å². The summed E-state index contributed by atoms with van der Waals surface area (Å²) in [4.78, 5) is 16.1. The average molecular weight is 355 g/mol. The number of aromatic nitrogens is 2. The van der Waals surface area contributed by atoms with Gasteiger partial charge in [0.15, 0.2) is 6.61 Å². The van der Waals surface area contributed by atoms with Crippen molar-refractivity contribution in [2.75, 3.05) is 13.1 Å². The Morgan fingerprint density at radius 2 is 2.04 bits per heavy atom. The summed E-state index contributed by atoms with van der Waals surface area (Å²) in [5.74, 6) is 1.64. The van der Waals surface area contributed by atoms with Crippen LogP contribution in [0.3, 0.4) is 0 Å². The van der Waals surface area contributed by atoms with Gasteiger partial charge in [0.2, 0.25) is 11.7 Å². The monoisotopic (exact) mass is 354 g/mol. The highest BCUT2D eigenvalue weighted by atomic mass is 35.5. The summed E-state index contributed by atoms with van der Waals surface area (Å²) in [6.45, 7) is 3.44. The molecule has 0 unspecified atom stereocenters. The van der Waals surface area contributed by atoms with Gasteiger partial charge in [-0.05, 0) is 43.7 Å². The molecule has 3 N–H and O–H groups in total. The van der Waals surface area contributed by atoms with Crippen LogP contribution < -0.4 is 15.8 Å². The zero-order chi connectivity index (χ0) is 16.5. The molecule has 0 aliphatic rings. The van der Waals surface area contributed by atoms with Crippen LogP contribution in [-0.2, 0) is 13.0 Å². The van der Waals surface area contributed by atoms with Crippen molar-refractivity contribution in [1.82, 2.24) is 15.5 Å². The van der Waals surface area contributed by atoms with E-state index in [0.29, 0.717) is 42.5 Å². The number of nitrogens with zero attached hydrogens (tertiary/aromatic N) is 2. The molecule has 0 radical (unpaired) electrons. The summed E-state index contributed by atoms with van der Waals surface area (Å²) in [6.07, 6.45) is 2.48. The standard InChI is InChI=1S/C16H22N4O3.ClH/c1-2-15-19-14(20-23-15)11-22-13-7-5-12(6-8-13)16(21)18-10-4-3-9-17;/h5-8H,2-4,9-11,17H2,1H3,(H,18,21);1H. The molecule has 0 aliphatic carbocycles. The summed E-state index contributed by atoms with van der Waals surface area (Å²) in [5.41, 5.74) is 6.01. The van der Waals surface area contributed by atoms with Gasteiger partial charge in [-0.2, -0.15) is 4.98 Å².